The Hall–Kier alpha value is -3.47. The monoisotopic (exact) mass is 357 g/mol. The fourth-order valence-electron chi connectivity index (χ4n) is 3.38. The lowest BCUT2D eigenvalue weighted by Crippen LogP contribution is -2.21. The summed E-state index contributed by atoms with van der Waals surface area (Å²) in [6.07, 6.45) is 4.35. The highest BCUT2D eigenvalue weighted by Crippen LogP contribution is 2.34. The molecule has 0 saturated heterocycles. The number of anilines is 2. The Bertz CT molecular complexity index is 986. The number of aromatic nitrogens is 1. The molecule has 2 N–H and O–H groups in total. The highest BCUT2D eigenvalue weighted by atomic mass is 16.2. The Morgan fingerprint density at radius 2 is 1.85 bits per heavy atom. The Labute approximate surface area is 157 Å². The van der Waals surface area contributed by atoms with Crippen molar-refractivity contribution in [2.75, 3.05) is 10.6 Å². The van der Waals surface area contributed by atoms with Crippen LogP contribution < -0.4 is 10.6 Å². The van der Waals surface area contributed by atoms with Crippen LogP contribution in [0.3, 0.4) is 0 Å². The zero-order valence-corrected chi connectivity index (χ0v) is 14.7. The van der Waals surface area contributed by atoms with Gasteiger partial charge in [-0.25, -0.2) is 0 Å². The molecule has 3 aromatic rings. The molecule has 1 unspecified atom stereocenters. The Balaban J connectivity index is 1.48. The van der Waals surface area contributed by atoms with Gasteiger partial charge >= 0.3 is 0 Å². The standard InChI is InChI=1S/C22H19N3O2/c26-21(13-18-17-8-2-4-10-20(17)25-22(18)27)24-19-9-3-1-7-16(19)12-15-6-5-11-23-14-15/h1-11,14,18H,12-13H2,(H,24,26)(H,25,27). The summed E-state index contributed by atoms with van der Waals surface area (Å²) in [5, 5.41) is 5.80. The first kappa shape index (κ1) is 17.0. The van der Waals surface area contributed by atoms with E-state index >= 15 is 0 Å². The molecule has 0 bridgehead atoms. The maximum absolute atomic E-state index is 12.6. The van der Waals surface area contributed by atoms with E-state index in [4.69, 9.17) is 0 Å². The van der Waals surface area contributed by atoms with Crippen LogP contribution in [0.2, 0.25) is 0 Å². The van der Waals surface area contributed by atoms with E-state index in [9.17, 15) is 9.59 Å². The lowest BCUT2D eigenvalue weighted by atomic mass is 9.96. The van der Waals surface area contributed by atoms with E-state index in [1.54, 1.807) is 6.20 Å². The third-order valence-corrected chi connectivity index (χ3v) is 4.71. The predicted octanol–water partition coefficient (Wildman–Crippen LogP) is 3.74. The Morgan fingerprint density at radius 1 is 1.04 bits per heavy atom. The Morgan fingerprint density at radius 3 is 2.70 bits per heavy atom. The number of carbonyl (C=O) groups is 2. The van der Waals surface area contributed by atoms with E-state index in [0.29, 0.717) is 6.42 Å². The molecule has 1 aliphatic rings. The minimum absolute atomic E-state index is 0.115. The number of carbonyl (C=O) groups excluding carboxylic acids is 2. The third kappa shape index (κ3) is 3.72. The number of hydrogen-bond donors (Lipinski definition) is 2. The SMILES string of the molecule is O=C(CC1C(=O)Nc2ccccc21)Nc1ccccc1Cc1cccnc1. The molecule has 5 nitrogen and oxygen atoms in total. The average Bonchev–Trinajstić information content (AvgIpc) is 2.99. The van der Waals surface area contributed by atoms with Crippen LogP contribution >= 0.6 is 0 Å². The summed E-state index contributed by atoms with van der Waals surface area (Å²) in [4.78, 5) is 29.0. The van der Waals surface area contributed by atoms with Gasteiger partial charge in [0.1, 0.15) is 0 Å². The van der Waals surface area contributed by atoms with Crippen molar-refractivity contribution in [1.82, 2.24) is 4.98 Å². The van der Waals surface area contributed by atoms with E-state index in [0.717, 1.165) is 28.1 Å². The van der Waals surface area contributed by atoms with Gasteiger partial charge in [0, 0.05) is 36.6 Å². The molecule has 1 aromatic heterocycles. The van der Waals surface area contributed by atoms with Gasteiger partial charge in [0.2, 0.25) is 11.8 Å². The number of nitrogens with one attached hydrogen (secondary N) is 2. The third-order valence-electron chi connectivity index (χ3n) is 4.71. The Kier molecular flexibility index (Phi) is 4.66. The summed E-state index contributed by atoms with van der Waals surface area (Å²) in [6.45, 7) is 0. The topological polar surface area (TPSA) is 71.1 Å². The summed E-state index contributed by atoms with van der Waals surface area (Å²) in [5.41, 5.74) is 4.51. The van der Waals surface area contributed by atoms with Crippen molar-refractivity contribution in [3.05, 3.63) is 89.7 Å². The minimum Gasteiger partial charge on any atom is -0.326 e. The first-order valence-electron chi connectivity index (χ1n) is 8.87. The number of nitrogens with zero attached hydrogens (tertiary/aromatic N) is 1. The second-order valence-electron chi connectivity index (χ2n) is 6.58. The van der Waals surface area contributed by atoms with Crippen LogP contribution in [0.1, 0.15) is 29.0 Å². The van der Waals surface area contributed by atoms with Gasteiger partial charge < -0.3 is 10.6 Å². The van der Waals surface area contributed by atoms with Crippen molar-refractivity contribution >= 4 is 23.2 Å². The predicted molar refractivity (Wildman–Crippen MR) is 105 cm³/mol. The summed E-state index contributed by atoms with van der Waals surface area (Å²) < 4.78 is 0. The van der Waals surface area contributed by atoms with Crippen LogP contribution in [0.5, 0.6) is 0 Å². The van der Waals surface area contributed by atoms with E-state index in [1.807, 2.05) is 66.9 Å². The number of para-hydroxylation sites is 2. The number of fused-ring (bicyclic) bond motifs is 1. The molecule has 0 fully saturated rings. The molecule has 4 rings (SSSR count). The first-order chi connectivity index (χ1) is 13.2. The van der Waals surface area contributed by atoms with Crippen molar-refractivity contribution < 1.29 is 9.59 Å². The maximum Gasteiger partial charge on any atom is 0.232 e. The number of amides is 2. The van der Waals surface area contributed by atoms with E-state index < -0.39 is 5.92 Å². The molecule has 2 amide bonds. The molecule has 2 aromatic carbocycles. The number of rotatable bonds is 5. The van der Waals surface area contributed by atoms with Crippen LogP contribution in [-0.4, -0.2) is 16.8 Å². The van der Waals surface area contributed by atoms with Crippen molar-refractivity contribution in [3.8, 4) is 0 Å². The van der Waals surface area contributed by atoms with Gasteiger partial charge in [0.05, 0.1) is 5.92 Å². The summed E-state index contributed by atoms with van der Waals surface area (Å²) in [5.74, 6) is -0.757. The maximum atomic E-state index is 12.6. The van der Waals surface area contributed by atoms with E-state index in [2.05, 4.69) is 15.6 Å². The number of benzene rings is 2. The summed E-state index contributed by atoms with van der Waals surface area (Å²) >= 11 is 0. The van der Waals surface area contributed by atoms with Gasteiger partial charge in [0.15, 0.2) is 0 Å². The fourth-order valence-corrected chi connectivity index (χ4v) is 3.38. The molecule has 0 spiro atoms. The molecule has 0 radical (unpaired) electrons. The fraction of sp³-hybridized carbons (Fsp3) is 0.136. The van der Waals surface area contributed by atoms with Gasteiger partial charge in [-0.3, -0.25) is 14.6 Å². The van der Waals surface area contributed by atoms with Crippen molar-refractivity contribution in [2.24, 2.45) is 0 Å². The largest absolute Gasteiger partial charge is 0.326 e. The van der Waals surface area contributed by atoms with Crippen molar-refractivity contribution in [2.45, 2.75) is 18.8 Å². The van der Waals surface area contributed by atoms with Crippen molar-refractivity contribution in [3.63, 3.8) is 0 Å². The molecular weight excluding hydrogens is 338 g/mol. The second-order valence-corrected chi connectivity index (χ2v) is 6.58. The normalized spacial score (nSPS) is 15.1. The lowest BCUT2D eigenvalue weighted by molar-refractivity contribution is -0.122. The van der Waals surface area contributed by atoms with Crippen LogP contribution in [0.15, 0.2) is 73.1 Å². The van der Waals surface area contributed by atoms with E-state index in [-0.39, 0.29) is 18.2 Å². The van der Waals surface area contributed by atoms with Crippen LogP contribution in [0.4, 0.5) is 11.4 Å². The number of hydrogen-bond acceptors (Lipinski definition) is 3. The van der Waals surface area contributed by atoms with Crippen LogP contribution in [0, 0.1) is 0 Å². The minimum atomic E-state index is -0.452. The lowest BCUT2D eigenvalue weighted by Gasteiger charge is -2.13. The average molecular weight is 357 g/mol. The smallest absolute Gasteiger partial charge is 0.232 e. The van der Waals surface area contributed by atoms with Gasteiger partial charge in [-0.1, -0.05) is 42.5 Å². The quantitative estimate of drug-likeness (QED) is 0.731. The molecule has 27 heavy (non-hydrogen) atoms. The van der Waals surface area contributed by atoms with Gasteiger partial charge in [0.25, 0.3) is 0 Å². The molecule has 0 saturated carbocycles. The molecular formula is C22H19N3O2. The molecule has 5 heteroatoms. The molecule has 1 atom stereocenters. The highest BCUT2D eigenvalue weighted by molar-refractivity contribution is 6.06. The van der Waals surface area contributed by atoms with Gasteiger partial charge in [-0.05, 0) is 34.9 Å². The van der Waals surface area contributed by atoms with Crippen molar-refractivity contribution in [1.29, 1.82) is 0 Å². The van der Waals surface area contributed by atoms with Crippen LogP contribution in [-0.2, 0) is 16.0 Å². The molecule has 2 heterocycles. The van der Waals surface area contributed by atoms with Gasteiger partial charge in [-0.15, -0.1) is 0 Å². The zero-order chi connectivity index (χ0) is 18.6. The molecule has 134 valence electrons. The zero-order valence-electron chi connectivity index (χ0n) is 14.7. The highest BCUT2D eigenvalue weighted by Gasteiger charge is 2.31. The summed E-state index contributed by atoms with van der Waals surface area (Å²) in [6, 6.07) is 19.1. The van der Waals surface area contributed by atoms with Crippen LogP contribution in [0.25, 0.3) is 0 Å². The molecule has 1 aliphatic heterocycles. The summed E-state index contributed by atoms with van der Waals surface area (Å²) in [7, 11) is 0. The van der Waals surface area contributed by atoms with Gasteiger partial charge in [-0.2, -0.15) is 0 Å². The molecule has 0 aliphatic carbocycles. The number of pyridine rings is 1. The van der Waals surface area contributed by atoms with E-state index in [1.165, 1.54) is 0 Å². The second kappa shape index (κ2) is 7.41. The first-order valence-corrected chi connectivity index (χ1v) is 8.87.